The highest BCUT2D eigenvalue weighted by atomic mass is 32.1. The Morgan fingerprint density at radius 2 is 1.52 bits per heavy atom. The standard InChI is InChI=1S/C25H47N5O9S/c1-4-17(5-2)21(29-16(3)31)20-19(30-24(26)27)14-18(23(32)33)22(20)39-25(34)28-6-7-35-8-9-36-10-11-37-12-13-38-15-40/h17-22,40H,4-15H2,1-3H3,(H,28,34)(H,29,31)(H,32,33)(H4,26,27,30)/t18-,19+,20+,21+,22+/m0/s1. The van der Waals surface area contributed by atoms with E-state index < -0.39 is 42.1 Å². The third-order valence-corrected chi connectivity index (χ3v) is 6.84. The number of nitrogens with zero attached hydrogens (tertiary/aromatic N) is 1. The minimum atomic E-state index is -1.14. The molecule has 2 amide bonds. The lowest BCUT2D eigenvalue weighted by Crippen LogP contribution is -2.52. The number of aliphatic carboxylic acids is 1. The molecule has 0 unspecified atom stereocenters. The Morgan fingerprint density at radius 3 is 2.00 bits per heavy atom. The number of hydrogen-bond donors (Lipinski definition) is 6. The van der Waals surface area contributed by atoms with Gasteiger partial charge in [0.15, 0.2) is 5.96 Å². The lowest BCUT2D eigenvalue weighted by atomic mass is 9.80. The molecule has 1 aliphatic carbocycles. The first kappa shape index (κ1) is 35.7. The zero-order valence-corrected chi connectivity index (χ0v) is 24.6. The van der Waals surface area contributed by atoms with Crippen LogP contribution in [-0.4, -0.2) is 106 Å². The number of carboxylic acid groups (broad SMARTS) is 1. The molecule has 0 aromatic rings. The van der Waals surface area contributed by atoms with Crippen molar-refractivity contribution in [3.63, 3.8) is 0 Å². The fourth-order valence-corrected chi connectivity index (χ4v) is 5.02. The molecule has 5 atom stereocenters. The predicted octanol–water partition coefficient (Wildman–Crippen LogP) is 0.339. The van der Waals surface area contributed by atoms with Crippen LogP contribution >= 0.6 is 12.6 Å². The van der Waals surface area contributed by atoms with E-state index in [0.717, 1.165) is 0 Å². The summed E-state index contributed by atoms with van der Waals surface area (Å²) in [7, 11) is 0. The number of ether oxygens (including phenoxy) is 5. The van der Waals surface area contributed by atoms with E-state index in [-0.39, 0.29) is 37.4 Å². The third kappa shape index (κ3) is 13.4. The monoisotopic (exact) mass is 593 g/mol. The first-order chi connectivity index (χ1) is 19.2. The van der Waals surface area contributed by atoms with Gasteiger partial charge in [0, 0.05) is 25.4 Å². The summed E-state index contributed by atoms with van der Waals surface area (Å²) in [5.41, 5.74) is 11.3. The molecule has 15 heteroatoms. The van der Waals surface area contributed by atoms with Gasteiger partial charge in [0.1, 0.15) is 6.10 Å². The maximum Gasteiger partial charge on any atom is 0.407 e. The molecule has 0 spiro atoms. The van der Waals surface area contributed by atoms with E-state index in [9.17, 15) is 19.5 Å². The number of alkyl carbamates (subject to hydrolysis) is 1. The van der Waals surface area contributed by atoms with E-state index in [0.29, 0.717) is 58.4 Å². The lowest BCUT2D eigenvalue weighted by molar-refractivity contribution is -0.145. The van der Waals surface area contributed by atoms with Crippen molar-refractivity contribution < 1.29 is 43.2 Å². The molecule has 1 fully saturated rings. The van der Waals surface area contributed by atoms with Crippen LogP contribution in [0.5, 0.6) is 0 Å². The van der Waals surface area contributed by atoms with E-state index >= 15 is 0 Å². The minimum absolute atomic E-state index is 0.0124. The van der Waals surface area contributed by atoms with Gasteiger partial charge < -0.3 is 50.9 Å². The van der Waals surface area contributed by atoms with Gasteiger partial charge in [0.25, 0.3) is 0 Å². The molecule has 1 rings (SSSR count). The first-order valence-corrected chi connectivity index (χ1v) is 14.2. The number of rotatable bonds is 21. The molecule has 40 heavy (non-hydrogen) atoms. The summed E-state index contributed by atoms with van der Waals surface area (Å²) < 4.78 is 26.9. The maximum absolute atomic E-state index is 12.7. The van der Waals surface area contributed by atoms with Gasteiger partial charge in [-0.1, -0.05) is 26.7 Å². The molecule has 0 heterocycles. The molecule has 1 saturated carbocycles. The smallest absolute Gasteiger partial charge is 0.407 e. The molecular formula is C25H47N5O9S. The molecule has 0 radical (unpaired) electrons. The van der Waals surface area contributed by atoms with E-state index in [1.165, 1.54) is 6.92 Å². The second-order valence-corrected chi connectivity index (χ2v) is 9.61. The third-order valence-electron chi connectivity index (χ3n) is 6.66. The predicted molar refractivity (Wildman–Crippen MR) is 151 cm³/mol. The SMILES string of the molecule is CCC(CC)[C@@H](NC(C)=O)[C@@H]1[C@H](OC(=O)NCCOCCOCCOCCOCS)[C@@H](C(=O)O)C[C@H]1N=C(N)N. The summed E-state index contributed by atoms with van der Waals surface area (Å²) in [4.78, 5) is 41.2. The molecule has 0 bridgehead atoms. The van der Waals surface area contributed by atoms with Gasteiger partial charge in [-0.3, -0.25) is 9.59 Å². The number of carbonyl (C=O) groups excluding carboxylic acids is 2. The number of nitrogens with two attached hydrogens (primary N) is 2. The van der Waals surface area contributed by atoms with Crippen molar-refractivity contribution >= 4 is 36.6 Å². The molecule has 14 nitrogen and oxygen atoms in total. The molecule has 0 aromatic carbocycles. The molecule has 7 N–H and O–H groups in total. The van der Waals surface area contributed by atoms with Crippen molar-refractivity contribution in [2.75, 3.05) is 58.7 Å². The van der Waals surface area contributed by atoms with Crippen molar-refractivity contribution in [1.29, 1.82) is 0 Å². The normalized spacial score (nSPS) is 21.1. The highest BCUT2D eigenvalue weighted by molar-refractivity contribution is 7.80. The number of amides is 2. The molecule has 0 saturated heterocycles. The van der Waals surface area contributed by atoms with Crippen LogP contribution in [0.3, 0.4) is 0 Å². The van der Waals surface area contributed by atoms with Crippen LogP contribution in [0, 0.1) is 17.8 Å². The molecule has 1 aliphatic rings. The second-order valence-electron chi connectivity index (χ2n) is 9.35. The Hall–Kier alpha value is -2.33. The second kappa shape index (κ2) is 20.5. The van der Waals surface area contributed by atoms with Gasteiger partial charge in [-0.25, -0.2) is 9.79 Å². The van der Waals surface area contributed by atoms with Crippen molar-refractivity contribution in [2.45, 2.75) is 58.2 Å². The number of aliphatic imine (C=N–C) groups is 1. The number of carboxylic acids is 1. The van der Waals surface area contributed by atoms with Crippen LogP contribution in [0.1, 0.15) is 40.0 Å². The Labute approximate surface area is 241 Å². The first-order valence-electron chi connectivity index (χ1n) is 13.6. The lowest BCUT2D eigenvalue weighted by Gasteiger charge is -2.36. The molecular weight excluding hydrogens is 546 g/mol. The van der Waals surface area contributed by atoms with Crippen LogP contribution < -0.4 is 22.1 Å². The number of guanidine groups is 1. The summed E-state index contributed by atoms with van der Waals surface area (Å²) in [5, 5.41) is 15.5. The van der Waals surface area contributed by atoms with Crippen LogP contribution in [0.4, 0.5) is 4.79 Å². The quantitative estimate of drug-likeness (QED) is 0.0352. The largest absolute Gasteiger partial charge is 0.481 e. The van der Waals surface area contributed by atoms with Crippen LogP contribution in [0.15, 0.2) is 4.99 Å². The van der Waals surface area contributed by atoms with Gasteiger partial charge in [-0.05, 0) is 12.3 Å². The van der Waals surface area contributed by atoms with Crippen LogP contribution in [0.25, 0.3) is 0 Å². The van der Waals surface area contributed by atoms with E-state index in [2.05, 4.69) is 28.3 Å². The van der Waals surface area contributed by atoms with E-state index in [1.54, 1.807) is 0 Å². The van der Waals surface area contributed by atoms with Crippen molar-refractivity contribution in [3.8, 4) is 0 Å². The highest BCUT2D eigenvalue weighted by Gasteiger charge is 2.53. The van der Waals surface area contributed by atoms with Gasteiger partial charge in [0.05, 0.1) is 64.1 Å². The van der Waals surface area contributed by atoms with Crippen LogP contribution in [0.2, 0.25) is 0 Å². The number of hydrogen-bond acceptors (Lipinski definition) is 10. The minimum Gasteiger partial charge on any atom is -0.481 e. The Kier molecular flexibility index (Phi) is 18.3. The Balaban J connectivity index is 2.68. The average molecular weight is 594 g/mol. The summed E-state index contributed by atoms with van der Waals surface area (Å²) in [6.45, 7) is 8.16. The number of carbonyl (C=O) groups is 3. The summed E-state index contributed by atoms with van der Waals surface area (Å²) in [6, 6.07) is -1.16. The Bertz CT molecular complexity index is 784. The summed E-state index contributed by atoms with van der Waals surface area (Å²) in [6.07, 6.45) is -0.379. The zero-order valence-electron chi connectivity index (χ0n) is 23.7. The zero-order chi connectivity index (χ0) is 29.9. The van der Waals surface area contributed by atoms with E-state index in [1.807, 2.05) is 13.8 Å². The summed E-state index contributed by atoms with van der Waals surface area (Å²) >= 11 is 3.93. The average Bonchev–Trinajstić information content (AvgIpc) is 3.23. The van der Waals surface area contributed by atoms with Crippen molar-refractivity contribution in [2.24, 2.45) is 34.2 Å². The van der Waals surface area contributed by atoms with Gasteiger partial charge in [-0.2, -0.15) is 12.6 Å². The fourth-order valence-electron chi connectivity index (χ4n) is 4.89. The van der Waals surface area contributed by atoms with Crippen molar-refractivity contribution in [1.82, 2.24) is 10.6 Å². The molecule has 0 aromatic heterocycles. The topological polar surface area (TPSA) is 206 Å². The van der Waals surface area contributed by atoms with Crippen molar-refractivity contribution in [3.05, 3.63) is 0 Å². The van der Waals surface area contributed by atoms with E-state index in [4.69, 9.17) is 35.2 Å². The van der Waals surface area contributed by atoms with Gasteiger partial charge in [-0.15, -0.1) is 0 Å². The fraction of sp³-hybridized carbons (Fsp3) is 0.840. The van der Waals surface area contributed by atoms with Gasteiger partial charge >= 0.3 is 12.1 Å². The van der Waals surface area contributed by atoms with Gasteiger partial charge in [0.2, 0.25) is 5.91 Å². The number of nitrogens with one attached hydrogen (secondary N) is 2. The van der Waals surface area contributed by atoms with Crippen LogP contribution in [-0.2, 0) is 33.3 Å². The number of thiol groups is 1. The molecule has 0 aliphatic heterocycles. The molecule has 232 valence electrons. The Morgan fingerprint density at radius 1 is 0.975 bits per heavy atom. The highest BCUT2D eigenvalue weighted by Crippen LogP contribution is 2.41. The summed E-state index contributed by atoms with van der Waals surface area (Å²) in [5.74, 6) is -2.98. The maximum atomic E-state index is 12.7.